The summed E-state index contributed by atoms with van der Waals surface area (Å²) in [6.07, 6.45) is 3.69. The number of nitrogens with zero attached hydrogens (tertiary/aromatic N) is 2. The van der Waals surface area contributed by atoms with Gasteiger partial charge in [-0.15, -0.1) is 11.8 Å². The van der Waals surface area contributed by atoms with E-state index in [1.54, 1.807) is 11.8 Å². The molecule has 4 nitrogen and oxygen atoms in total. The second-order valence-electron chi connectivity index (χ2n) is 6.04. The van der Waals surface area contributed by atoms with Crippen molar-refractivity contribution in [2.75, 3.05) is 0 Å². The first kappa shape index (κ1) is 13.3. The van der Waals surface area contributed by atoms with Crippen molar-refractivity contribution in [1.29, 1.82) is 0 Å². The summed E-state index contributed by atoms with van der Waals surface area (Å²) in [6, 6.07) is 9.75. The standard InChI is InChI=1S/C16H19N3OS/c1-10-2-5-12(6-3-10)21-9-15-18-16(20-19-15)13-8-11-4-7-14(13)17-11/h2-3,5-6,11,13-14,17H,4,7-9H2,1H3. The molecule has 21 heavy (non-hydrogen) atoms. The number of benzene rings is 1. The summed E-state index contributed by atoms with van der Waals surface area (Å²) in [4.78, 5) is 5.85. The Bertz CT molecular complexity index is 625. The summed E-state index contributed by atoms with van der Waals surface area (Å²) < 4.78 is 5.49. The first-order valence-corrected chi connectivity index (χ1v) is 8.54. The van der Waals surface area contributed by atoms with Crippen LogP contribution in [0.5, 0.6) is 0 Å². The van der Waals surface area contributed by atoms with Gasteiger partial charge in [-0.3, -0.25) is 0 Å². The van der Waals surface area contributed by atoms with Crippen LogP contribution in [0.2, 0.25) is 0 Å². The van der Waals surface area contributed by atoms with Crippen LogP contribution < -0.4 is 5.32 Å². The highest BCUT2D eigenvalue weighted by atomic mass is 32.2. The third kappa shape index (κ3) is 2.72. The van der Waals surface area contributed by atoms with Crippen LogP contribution in [0.1, 0.15) is 42.5 Å². The van der Waals surface area contributed by atoms with Crippen LogP contribution in [-0.2, 0) is 5.75 Å². The van der Waals surface area contributed by atoms with E-state index in [1.165, 1.54) is 23.3 Å². The predicted octanol–water partition coefficient (Wildman–Crippen LogP) is 3.28. The van der Waals surface area contributed by atoms with E-state index in [4.69, 9.17) is 4.52 Å². The van der Waals surface area contributed by atoms with Crippen molar-refractivity contribution < 1.29 is 4.52 Å². The zero-order valence-electron chi connectivity index (χ0n) is 12.1. The summed E-state index contributed by atoms with van der Waals surface area (Å²) in [5.74, 6) is 2.82. The number of aromatic nitrogens is 2. The molecule has 0 spiro atoms. The number of hydrogen-bond acceptors (Lipinski definition) is 5. The van der Waals surface area contributed by atoms with Gasteiger partial charge < -0.3 is 9.84 Å². The predicted molar refractivity (Wildman–Crippen MR) is 82.3 cm³/mol. The van der Waals surface area contributed by atoms with Crippen LogP contribution in [0, 0.1) is 6.92 Å². The zero-order chi connectivity index (χ0) is 14.2. The highest BCUT2D eigenvalue weighted by Gasteiger charge is 2.42. The molecule has 0 aliphatic carbocycles. The van der Waals surface area contributed by atoms with E-state index in [9.17, 15) is 0 Å². The van der Waals surface area contributed by atoms with Crippen LogP contribution in [0.15, 0.2) is 33.7 Å². The van der Waals surface area contributed by atoms with Crippen molar-refractivity contribution in [2.45, 2.75) is 54.8 Å². The smallest absolute Gasteiger partial charge is 0.231 e. The molecule has 0 radical (unpaired) electrons. The second-order valence-corrected chi connectivity index (χ2v) is 7.09. The largest absolute Gasteiger partial charge is 0.339 e. The fourth-order valence-corrected chi connectivity index (χ4v) is 4.10. The summed E-state index contributed by atoms with van der Waals surface area (Å²) in [6.45, 7) is 2.10. The van der Waals surface area contributed by atoms with Crippen LogP contribution in [0.4, 0.5) is 0 Å². The summed E-state index contributed by atoms with van der Waals surface area (Å²) in [5, 5.41) is 7.76. The average molecular weight is 301 g/mol. The van der Waals surface area contributed by atoms with Gasteiger partial charge in [0.2, 0.25) is 5.89 Å². The van der Waals surface area contributed by atoms with Crippen molar-refractivity contribution in [3.63, 3.8) is 0 Å². The van der Waals surface area contributed by atoms with Gasteiger partial charge in [-0.2, -0.15) is 4.98 Å². The van der Waals surface area contributed by atoms with E-state index >= 15 is 0 Å². The minimum atomic E-state index is 0.425. The van der Waals surface area contributed by atoms with Crippen molar-refractivity contribution in [1.82, 2.24) is 15.5 Å². The molecule has 2 bridgehead atoms. The molecule has 4 rings (SSSR count). The Morgan fingerprint density at radius 2 is 2.14 bits per heavy atom. The minimum absolute atomic E-state index is 0.425. The molecule has 1 aromatic heterocycles. The highest BCUT2D eigenvalue weighted by Crippen LogP contribution is 2.39. The molecule has 2 aromatic rings. The monoisotopic (exact) mass is 301 g/mol. The topological polar surface area (TPSA) is 51.0 Å². The molecule has 1 aromatic carbocycles. The van der Waals surface area contributed by atoms with Crippen LogP contribution >= 0.6 is 11.8 Å². The molecule has 2 fully saturated rings. The van der Waals surface area contributed by atoms with Crippen LogP contribution in [0.25, 0.3) is 0 Å². The average Bonchev–Trinajstić information content (AvgIpc) is 3.22. The molecular weight excluding hydrogens is 282 g/mol. The normalized spacial score (nSPS) is 27.4. The SMILES string of the molecule is Cc1ccc(SCc2noc(C3CC4CCC3N4)n2)cc1. The number of aryl methyl sites for hydroxylation is 1. The maximum Gasteiger partial charge on any atom is 0.231 e. The molecule has 3 heterocycles. The van der Waals surface area contributed by atoms with E-state index in [1.807, 2.05) is 0 Å². The number of fused-ring (bicyclic) bond motifs is 2. The van der Waals surface area contributed by atoms with Gasteiger partial charge in [-0.05, 0) is 38.3 Å². The van der Waals surface area contributed by atoms with Crippen molar-refractivity contribution in [3.8, 4) is 0 Å². The van der Waals surface area contributed by atoms with Gasteiger partial charge in [0.15, 0.2) is 5.82 Å². The fourth-order valence-electron chi connectivity index (χ4n) is 3.36. The summed E-state index contributed by atoms with van der Waals surface area (Å²) in [7, 11) is 0. The molecule has 0 saturated carbocycles. The van der Waals surface area contributed by atoms with Gasteiger partial charge in [-0.1, -0.05) is 22.9 Å². The van der Waals surface area contributed by atoms with Gasteiger partial charge in [-0.25, -0.2) is 0 Å². The third-order valence-electron chi connectivity index (χ3n) is 4.49. The molecule has 1 N–H and O–H groups in total. The molecule has 3 unspecified atom stereocenters. The lowest BCUT2D eigenvalue weighted by Crippen LogP contribution is -2.21. The fraction of sp³-hybridized carbons (Fsp3) is 0.500. The van der Waals surface area contributed by atoms with Crippen molar-refractivity contribution in [3.05, 3.63) is 41.5 Å². The number of hydrogen-bond donors (Lipinski definition) is 1. The van der Waals surface area contributed by atoms with Crippen molar-refractivity contribution >= 4 is 11.8 Å². The lowest BCUT2D eigenvalue weighted by atomic mass is 9.89. The zero-order valence-corrected chi connectivity index (χ0v) is 12.9. The molecule has 5 heteroatoms. The number of thioether (sulfide) groups is 1. The quantitative estimate of drug-likeness (QED) is 0.878. The molecule has 110 valence electrons. The lowest BCUT2D eigenvalue weighted by molar-refractivity contribution is 0.327. The minimum Gasteiger partial charge on any atom is -0.339 e. The molecular formula is C16H19N3OS. The molecule has 0 amide bonds. The maximum absolute atomic E-state index is 5.49. The summed E-state index contributed by atoms with van der Waals surface area (Å²) >= 11 is 1.75. The van der Waals surface area contributed by atoms with E-state index in [2.05, 4.69) is 46.6 Å². The van der Waals surface area contributed by atoms with Gasteiger partial charge in [0.1, 0.15) is 0 Å². The molecule has 2 saturated heterocycles. The second kappa shape index (κ2) is 5.46. The first-order chi connectivity index (χ1) is 10.3. The van der Waals surface area contributed by atoms with Crippen LogP contribution in [0.3, 0.4) is 0 Å². The van der Waals surface area contributed by atoms with Gasteiger partial charge >= 0.3 is 0 Å². The van der Waals surface area contributed by atoms with Gasteiger partial charge in [0.25, 0.3) is 0 Å². The maximum atomic E-state index is 5.49. The Morgan fingerprint density at radius 1 is 1.29 bits per heavy atom. The van der Waals surface area contributed by atoms with Crippen molar-refractivity contribution in [2.24, 2.45) is 0 Å². The van der Waals surface area contributed by atoms with Crippen LogP contribution in [-0.4, -0.2) is 22.2 Å². The third-order valence-corrected chi connectivity index (χ3v) is 5.50. The molecule has 2 aliphatic rings. The Balaban J connectivity index is 1.39. The Labute approximate surface area is 128 Å². The highest BCUT2D eigenvalue weighted by molar-refractivity contribution is 7.98. The lowest BCUT2D eigenvalue weighted by Gasteiger charge is -2.15. The molecule has 2 aliphatic heterocycles. The van der Waals surface area contributed by atoms with E-state index in [0.717, 1.165) is 23.9 Å². The van der Waals surface area contributed by atoms with E-state index in [-0.39, 0.29) is 0 Å². The summed E-state index contributed by atoms with van der Waals surface area (Å²) in [5.41, 5.74) is 1.28. The number of nitrogens with one attached hydrogen (secondary N) is 1. The first-order valence-electron chi connectivity index (χ1n) is 7.56. The Kier molecular flexibility index (Phi) is 3.47. The molecule has 3 atom stereocenters. The Hall–Kier alpha value is -1.33. The number of rotatable bonds is 4. The van der Waals surface area contributed by atoms with Gasteiger partial charge in [0, 0.05) is 17.0 Å². The Morgan fingerprint density at radius 3 is 2.86 bits per heavy atom. The van der Waals surface area contributed by atoms with Gasteiger partial charge in [0.05, 0.1) is 11.7 Å². The van der Waals surface area contributed by atoms with E-state index in [0.29, 0.717) is 18.0 Å². The van der Waals surface area contributed by atoms with E-state index < -0.39 is 0 Å².